The number of anilines is 1. The zero-order valence-electron chi connectivity index (χ0n) is 14.4. The smallest absolute Gasteiger partial charge is 0.171 e. The second-order valence-electron chi connectivity index (χ2n) is 5.94. The summed E-state index contributed by atoms with van der Waals surface area (Å²) in [4.78, 5) is 0. The largest absolute Gasteiger partial charge is 0.496 e. The van der Waals surface area contributed by atoms with E-state index in [0.29, 0.717) is 5.11 Å². The highest BCUT2D eigenvalue weighted by molar-refractivity contribution is 7.80. The van der Waals surface area contributed by atoms with Crippen LogP contribution in [0.1, 0.15) is 35.2 Å². The van der Waals surface area contributed by atoms with Gasteiger partial charge >= 0.3 is 0 Å². The number of hydrogen-bond donors (Lipinski definition) is 2. The van der Waals surface area contributed by atoms with Crippen molar-refractivity contribution in [3.8, 4) is 5.75 Å². The number of rotatable bonds is 4. The Morgan fingerprint density at radius 2 is 1.65 bits per heavy atom. The zero-order chi connectivity index (χ0) is 17.0. The van der Waals surface area contributed by atoms with E-state index in [-0.39, 0.29) is 6.04 Å². The number of benzene rings is 2. The molecule has 2 aromatic carbocycles. The summed E-state index contributed by atoms with van der Waals surface area (Å²) in [6, 6.07) is 12.5. The highest BCUT2D eigenvalue weighted by atomic mass is 32.1. The van der Waals surface area contributed by atoms with Gasteiger partial charge in [-0.05, 0) is 69.2 Å². The van der Waals surface area contributed by atoms with Gasteiger partial charge in [0, 0.05) is 11.3 Å². The van der Waals surface area contributed by atoms with Gasteiger partial charge in [-0.3, -0.25) is 0 Å². The maximum atomic E-state index is 5.45. The van der Waals surface area contributed by atoms with Crippen molar-refractivity contribution in [3.63, 3.8) is 0 Å². The van der Waals surface area contributed by atoms with Gasteiger partial charge in [0.1, 0.15) is 5.75 Å². The van der Waals surface area contributed by atoms with Gasteiger partial charge in [-0.25, -0.2) is 0 Å². The first-order chi connectivity index (χ1) is 10.9. The first-order valence-corrected chi connectivity index (χ1v) is 8.10. The Kier molecular flexibility index (Phi) is 5.61. The summed E-state index contributed by atoms with van der Waals surface area (Å²) in [5.41, 5.74) is 5.72. The standard InChI is InChI=1S/C19H24N2OS/c1-12-6-7-18(22-5)17(11-12)15(4)20-19(23)21-16-9-13(2)8-14(3)10-16/h6-11,15H,1-5H3,(H2,20,21,23)/t15-/m0/s1. The molecule has 122 valence electrons. The summed E-state index contributed by atoms with van der Waals surface area (Å²) in [6.07, 6.45) is 0. The van der Waals surface area contributed by atoms with E-state index in [0.717, 1.165) is 17.0 Å². The highest BCUT2D eigenvalue weighted by Gasteiger charge is 2.13. The second-order valence-corrected chi connectivity index (χ2v) is 6.35. The van der Waals surface area contributed by atoms with Crippen LogP contribution in [-0.4, -0.2) is 12.2 Å². The minimum absolute atomic E-state index is 0.0516. The average molecular weight is 328 g/mol. The van der Waals surface area contributed by atoms with Crippen molar-refractivity contribution in [1.29, 1.82) is 0 Å². The van der Waals surface area contributed by atoms with Crippen molar-refractivity contribution in [2.24, 2.45) is 0 Å². The Labute approximate surface area is 144 Å². The molecule has 1 atom stereocenters. The Balaban J connectivity index is 2.09. The monoisotopic (exact) mass is 328 g/mol. The molecule has 0 aliphatic heterocycles. The lowest BCUT2D eigenvalue weighted by Gasteiger charge is -2.20. The van der Waals surface area contributed by atoms with Crippen LogP contribution in [0.3, 0.4) is 0 Å². The number of hydrogen-bond acceptors (Lipinski definition) is 2. The number of aryl methyl sites for hydroxylation is 3. The summed E-state index contributed by atoms with van der Waals surface area (Å²) in [5.74, 6) is 0.866. The molecular formula is C19H24N2OS. The SMILES string of the molecule is COc1ccc(C)cc1[C@H](C)NC(=S)Nc1cc(C)cc(C)c1. The topological polar surface area (TPSA) is 33.3 Å². The molecule has 0 amide bonds. The number of methoxy groups -OCH3 is 1. The van der Waals surface area contributed by atoms with Crippen LogP contribution in [0.2, 0.25) is 0 Å². The number of thiocarbonyl (C=S) groups is 1. The molecule has 0 aliphatic carbocycles. The zero-order valence-corrected chi connectivity index (χ0v) is 15.2. The molecule has 2 N–H and O–H groups in total. The molecule has 3 nitrogen and oxygen atoms in total. The van der Waals surface area contributed by atoms with Crippen LogP contribution >= 0.6 is 12.2 Å². The summed E-state index contributed by atoms with van der Waals surface area (Å²) >= 11 is 5.45. The number of ether oxygens (including phenoxy) is 1. The molecule has 0 radical (unpaired) electrons. The number of nitrogens with one attached hydrogen (secondary N) is 2. The third kappa shape index (κ3) is 4.70. The van der Waals surface area contributed by atoms with Crippen LogP contribution in [0, 0.1) is 20.8 Å². The maximum Gasteiger partial charge on any atom is 0.171 e. The van der Waals surface area contributed by atoms with Gasteiger partial charge < -0.3 is 15.4 Å². The third-order valence-corrected chi connectivity index (χ3v) is 3.90. The molecule has 0 saturated carbocycles. The van der Waals surface area contributed by atoms with Gasteiger partial charge in [-0.2, -0.15) is 0 Å². The Morgan fingerprint density at radius 1 is 1.00 bits per heavy atom. The minimum Gasteiger partial charge on any atom is -0.496 e. The van der Waals surface area contributed by atoms with E-state index in [9.17, 15) is 0 Å². The van der Waals surface area contributed by atoms with Crippen molar-refractivity contribution < 1.29 is 4.74 Å². The van der Waals surface area contributed by atoms with Crippen LogP contribution in [0.5, 0.6) is 5.75 Å². The van der Waals surface area contributed by atoms with Crippen LogP contribution in [-0.2, 0) is 0 Å². The van der Waals surface area contributed by atoms with Crippen molar-refractivity contribution in [2.75, 3.05) is 12.4 Å². The highest BCUT2D eigenvalue weighted by Crippen LogP contribution is 2.26. The Morgan fingerprint density at radius 3 is 2.26 bits per heavy atom. The third-order valence-electron chi connectivity index (χ3n) is 3.68. The molecule has 0 fully saturated rings. The molecular weight excluding hydrogens is 304 g/mol. The van der Waals surface area contributed by atoms with Crippen molar-refractivity contribution in [3.05, 3.63) is 58.7 Å². The lowest BCUT2D eigenvalue weighted by Crippen LogP contribution is -2.31. The summed E-state index contributed by atoms with van der Waals surface area (Å²) in [6.45, 7) is 8.30. The van der Waals surface area contributed by atoms with E-state index in [4.69, 9.17) is 17.0 Å². The van der Waals surface area contributed by atoms with Crippen LogP contribution < -0.4 is 15.4 Å². The Bertz CT molecular complexity index is 692. The molecule has 0 heterocycles. The Hall–Kier alpha value is -2.07. The van der Waals surface area contributed by atoms with E-state index in [1.807, 2.05) is 12.1 Å². The molecule has 2 rings (SSSR count). The van der Waals surface area contributed by atoms with Gasteiger partial charge in [0.2, 0.25) is 0 Å². The van der Waals surface area contributed by atoms with E-state index >= 15 is 0 Å². The van der Waals surface area contributed by atoms with E-state index in [1.165, 1.54) is 16.7 Å². The fraction of sp³-hybridized carbons (Fsp3) is 0.316. The molecule has 0 aliphatic rings. The van der Waals surface area contributed by atoms with Crippen LogP contribution in [0.15, 0.2) is 36.4 Å². The van der Waals surface area contributed by atoms with Crippen LogP contribution in [0.25, 0.3) is 0 Å². The molecule has 23 heavy (non-hydrogen) atoms. The van der Waals surface area contributed by atoms with Crippen molar-refractivity contribution in [1.82, 2.24) is 5.32 Å². The van der Waals surface area contributed by atoms with Crippen molar-refractivity contribution >= 4 is 23.0 Å². The van der Waals surface area contributed by atoms with Gasteiger partial charge in [-0.1, -0.05) is 23.8 Å². The normalized spacial score (nSPS) is 11.7. The van der Waals surface area contributed by atoms with Crippen molar-refractivity contribution in [2.45, 2.75) is 33.7 Å². The predicted octanol–water partition coefficient (Wildman–Crippen LogP) is 4.67. The molecule has 0 unspecified atom stereocenters. The molecule has 2 aromatic rings. The maximum absolute atomic E-state index is 5.45. The van der Waals surface area contributed by atoms with Gasteiger partial charge in [-0.15, -0.1) is 0 Å². The van der Waals surface area contributed by atoms with Gasteiger partial charge in [0.15, 0.2) is 5.11 Å². The molecule has 0 aromatic heterocycles. The first-order valence-electron chi connectivity index (χ1n) is 7.69. The molecule has 0 spiro atoms. The van der Waals surface area contributed by atoms with E-state index in [2.05, 4.69) is 62.6 Å². The first kappa shape index (κ1) is 17.3. The molecule has 0 saturated heterocycles. The fourth-order valence-corrected chi connectivity index (χ4v) is 2.98. The lowest BCUT2D eigenvalue weighted by molar-refractivity contribution is 0.405. The van der Waals surface area contributed by atoms with E-state index < -0.39 is 0 Å². The predicted molar refractivity (Wildman–Crippen MR) is 101 cm³/mol. The van der Waals surface area contributed by atoms with Crippen LogP contribution in [0.4, 0.5) is 5.69 Å². The summed E-state index contributed by atoms with van der Waals surface area (Å²) in [7, 11) is 1.69. The van der Waals surface area contributed by atoms with Gasteiger partial charge in [0.25, 0.3) is 0 Å². The summed E-state index contributed by atoms with van der Waals surface area (Å²) in [5, 5.41) is 7.18. The quantitative estimate of drug-likeness (QED) is 0.799. The average Bonchev–Trinajstić information content (AvgIpc) is 2.45. The lowest BCUT2D eigenvalue weighted by atomic mass is 10.0. The van der Waals surface area contributed by atoms with E-state index in [1.54, 1.807) is 7.11 Å². The summed E-state index contributed by atoms with van der Waals surface area (Å²) < 4.78 is 5.45. The fourth-order valence-electron chi connectivity index (χ4n) is 2.68. The van der Waals surface area contributed by atoms with Gasteiger partial charge in [0.05, 0.1) is 13.2 Å². The minimum atomic E-state index is 0.0516. The second kappa shape index (κ2) is 7.47. The molecule has 4 heteroatoms. The molecule has 0 bridgehead atoms.